The highest BCUT2D eigenvalue weighted by Crippen LogP contribution is 2.30. The van der Waals surface area contributed by atoms with Crippen molar-refractivity contribution in [3.05, 3.63) is 48.0 Å². The fraction of sp³-hybridized carbons (Fsp3) is 0.143. The van der Waals surface area contributed by atoms with E-state index in [1.54, 1.807) is 0 Å². The Morgan fingerprint density at radius 1 is 1.20 bits per heavy atom. The van der Waals surface area contributed by atoms with E-state index >= 15 is 0 Å². The summed E-state index contributed by atoms with van der Waals surface area (Å²) in [6, 6.07) is 15.4. The molecule has 3 aromatic rings. The molecule has 0 fully saturated rings. The zero-order valence-electron chi connectivity index (χ0n) is 8.58. The van der Waals surface area contributed by atoms with Crippen molar-refractivity contribution in [2.45, 2.75) is 13.3 Å². The zero-order chi connectivity index (χ0) is 10.3. The molecule has 1 aromatic heterocycles. The fourth-order valence-corrected chi connectivity index (χ4v) is 1.99. The molecule has 3 rings (SSSR count). The number of benzene rings is 2. The van der Waals surface area contributed by atoms with E-state index in [4.69, 9.17) is 4.42 Å². The molecule has 1 heteroatoms. The van der Waals surface area contributed by atoms with Gasteiger partial charge in [-0.2, -0.15) is 0 Å². The number of fused-ring (bicyclic) bond motifs is 3. The number of hydrogen-bond acceptors (Lipinski definition) is 1. The Hall–Kier alpha value is -1.76. The average molecular weight is 195 g/mol. The lowest BCUT2D eigenvalue weighted by Crippen LogP contribution is -1.78. The van der Waals surface area contributed by atoms with Gasteiger partial charge in [-0.15, -0.1) is 0 Å². The number of furan rings is 1. The van der Waals surface area contributed by atoms with Gasteiger partial charge in [-0.1, -0.05) is 37.3 Å². The molecule has 0 saturated carbocycles. The molecule has 0 spiro atoms. The van der Waals surface area contributed by atoms with Gasteiger partial charge in [-0.3, -0.25) is 0 Å². The van der Waals surface area contributed by atoms with Gasteiger partial charge in [0.25, 0.3) is 0 Å². The first kappa shape index (κ1) is 8.54. The Bertz CT molecular complexity index is 619. The summed E-state index contributed by atoms with van der Waals surface area (Å²) in [5, 5.41) is 2.26. The molecule has 0 amide bonds. The predicted octanol–water partition coefficient (Wildman–Crippen LogP) is 3.95. The maximum Gasteiger partial charge on any atom is 0.139 e. The van der Waals surface area contributed by atoms with E-state index in [1.807, 2.05) is 24.3 Å². The van der Waals surface area contributed by atoms with E-state index in [1.165, 1.54) is 5.56 Å². The summed E-state index contributed by atoms with van der Waals surface area (Å²) in [7, 11) is 0. The Balaban J connectivity index is 2.53. The minimum atomic E-state index is 0.949. The van der Waals surface area contributed by atoms with Crippen molar-refractivity contribution in [2.24, 2.45) is 0 Å². The standard InChI is InChI=1S/C14H11O/c1-2-10-6-5-8-12-11-7-3-4-9-13(11)15-14(10)12/h3-7,9H,2H2,1H3. The molecule has 0 saturated heterocycles. The van der Waals surface area contributed by atoms with Gasteiger partial charge >= 0.3 is 0 Å². The van der Waals surface area contributed by atoms with Crippen LogP contribution < -0.4 is 0 Å². The van der Waals surface area contributed by atoms with E-state index in [2.05, 4.69) is 25.1 Å². The summed E-state index contributed by atoms with van der Waals surface area (Å²) >= 11 is 0. The van der Waals surface area contributed by atoms with Gasteiger partial charge in [-0.05, 0) is 24.1 Å². The molecule has 0 bridgehead atoms. The van der Waals surface area contributed by atoms with Crippen LogP contribution >= 0.6 is 0 Å². The minimum Gasteiger partial charge on any atom is -0.456 e. The van der Waals surface area contributed by atoms with Crippen LogP contribution in [0.15, 0.2) is 40.8 Å². The van der Waals surface area contributed by atoms with E-state index in [9.17, 15) is 0 Å². The van der Waals surface area contributed by atoms with Crippen LogP contribution in [-0.4, -0.2) is 0 Å². The van der Waals surface area contributed by atoms with Crippen LogP contribution in [0.1, 0.15) is 12.5 Å². The molecular weight excluding hydrogens is 184 g/mol. The lowest BCUT2D eigenvalue weighted by atomic mass is 10.1. The molecule has 0 aliphatic carbocycles. The van der Waals surface area contributed by atoms with Crippen molar-refractivity contribution < 1.29 is 4.42 Å². The van der Waals surface area contributed by atoms with Crippen molar-refractivity contribution >= 4 is 21.9 Å². The normalized spacial score (nSPS) is 11.3. The first-order chi connectivity index (χ1) is 7.40. The van der Waals surface area contributed by atoms with Crippen LogP contribution in [0.4, 0.5) is 0 Å². The Morgan fingerprint density at radius 3 is 2.93 bits per heavy atom. The third-order valence-electron chi connectivity index (χ3n) is 2.78. The van der Waals surface area contributed by atoms with Crippen molar-refractivity contribution in [1.29, 1.82) is 0 Å². The van der Waals surface area contributed by atoms with Crippen LogP contribution in [0, 0.1) is 6.07 Å². The summed E-state index contributed by atoms with van der Waals surface area (Å²) in [6.45, 7) is 2.14. The number of aryl methyl sites for hydroxylation is 1. The Kier molecular flexibility index (Phi) is 1.78. The molecular formula is C14H11O. The second-order valence-electron chi connectivity index (χ2n) is 3.66. The molecule has 2 aromatic carbocycles. The van der Waals surface area contributed by atoms with Crippen LogP contribution in [0.3, 0.4) is 0 Å². The lowest BCUT2D eigenvalue weighted by molar-refractivity contribution is 0.663. The van der Waals surface area contributed by atoms with Crippen molar-refractivity contribution in [1.82, 2.24) is 0 Å². The molecule has 0 atom stereocenters. The third-order valence-corrected chi connectivity index (χ3v) is 2.78. The fourth-order valence-electron chi connectivity index (χ4n) is 1.99. The second-order valence-corrected chi connectivity index (χ2v) is 3.66. The number of rotatable bonds is 1. The third kappa shape index (κ3) is 1.16. The van der Waals surface area contributed by atoms with E-state index in [-0.39, 0.29) is 0 Å². The molecule has 1 heterocycles. The molecule has 1 radical (unpaired) electrons. The predicted molar refractivity (Wildman–Crippen MR) is 61.9 cm³/mol. The second kappa shape index (κ2) is 3.13. The van der Waals surface area contributed by atoms with Crippen molar-refractivity contribution in [2.75, 3.05) is 0 Å². The molecule has 1 nitrogen and oxygen atoms in total. The molecule has 15 heavy (non-hydrogen) atoms. The van der Waals surface area contributed by atoms with Gasteiger partial charge in [0.05, 0.1) is 0 Å². The van der Waals surface area contributed by atoms with Crippen LogP contribution in [0.2, 0.25) is 0 Å². The first-order valence-corrected chi connectivity index (χ1v) is 5.21. The van der Waals surface area contributed by atoms with E-state index in [0.29, 0.717) is 0 Å². The molecule has 0 unspecified atom stereocenters. The topological polar surface area (TPSA) is 13.1 Å². The van der Waals surface area contributed by atoms with Gasteiger partial charge in [0.2, 0.25) is 0 Å². The van der Waals surface area contributed by atoms with Crippen LogP contribution in [0.5, 0.6) is 0 Å². The minimum absolute atomic E-state index is 0.949. The molecule has 0 aliphatic heterocycles. The summed E-state index contributed by atoms with van der Waals surface area (Å²) in [5.41, 5.74) is 3.19. The van der Waals surface area contributed by atoms with E-state index in [0.717, 1.165) is 28.4 Å². The van der Waals surface area contributed by atoms with E-state index < -0.39 is 0 Å². The average Bonchev–Trinajstić information content (AvgIpc) is 2.67. The van der Waals surface area contributed by atoms with Crippen molar-refractivity contribution in [3.63, 3.8) is 0 Å². The van der Waals surface area contributed by atoms with Gasteiger partial charge in [0.15, 0.2) is 0 Å². The molecule has 73 valence electrons. The van der Waals surface area contributed by atoms with Crippen molar-refractivity contribution in [3.8, 4) is 0 Å². The summed E-state index contributed by atoms with van der Waals surface area (Å²) in [6.07, 6.45) is 0.991. The SMILES string of the molecule is CCc1cc[c]c2c1oc1ccccc12. The largest absolute Gasteiger partial charge is 0.456 e. The summed E-state index contributed by atoms with van der Waals surface area (Å²) in [5.74, 6) is 0. The summed E-state index contributed by atoms with van der Waals surface area (Å²) < 4.78 is 5.84. The number of hydrogen-bond donors (Lipinski definition) is 0. The van der Waals surface area contributed by atoms with Crippen LogP contribution in [-0.2, 0) is 6.42 Å². The highest BCUT2D eigenvalue weighted by Gasteiger charge is 2.08. The molecule has 0 N–H and O–H groups in total. The van der Waals surface area contributed by atoms with Crippen LogP contribution in [0.25, 0.3) is 21.9 Å². The molecule has 0 aliphatic rings. The smallest absolute Gasteiger partial charge is 0.139 e. The van der Waals surface area contributed by atoms with Gasteiger partial charge in [0, 0.05) is 10.8 Å². The van der Waals surface area contributed by atoms with Gasteiger partial charge < -0.3 is 4.42 Å². The monoisotopic (exact) mass is 195 g/mol. The Morgan fingerprint density at radius 2 is 2.07 bits per heavy atom. The zero-order valence-corrected chi connectivity index (χ0v) is 8.58. The Labute approximate surface area is 88.3 Å². The quantitative estimate of drug-likeness (QED) is 0.573. The maximum absolute atomic E-state index is 5.84. The summed E-state index contributed by atoms with van der Waals surface area (Å²) in [4.78, 5) is 0. The first-order valence-electron chi connectivity index (χ1n) is 5.21. The highest BCUT2D eigenvalue weighted by molar-refractivity contribution is 6.05. The van der Waals surface area contributed by atoms with Gasteiger partial charge in [0.1, 0.15) is 11.2 Å². The highest BCUT2D eigenvalue weighted by atomic mass is 16.3. The van der Waals surface area contributed by atoms with Gasteiger partial charge in [-0.25, -0.2) is 0 Å². The lowest BCUT2D eigenvalue weighted by Gasteiger charge is -1.95. The number of para-hydroxylation sites is 1. The maximum atomic E-state index is 5.84.